The van der Waals surface area contributed by atoms with Gasteiger partial charge in [0.25, 0.3) is 0 Å². The minimum atomic E-state index is -0.525. The lowest BCUT2D eigenvalue weighted by Gasteiger charge is -2.06. The Morgan fingerprint density at radius 1 is 1.43 bits per heavy atom. The van der Waals surface area contributed by atoms with Crippen molar-refractivity contribution < 1.29 is 4.39 Å². The lowest BCUT2D eigenvalue weighted by Crippen LogP contribution is -2.12. The summed E-state index contributed by atoms with van der Waals surface area (Å²) in [6.45, 7) is 1.40. The summed E-state index contributed by atoms with van der Waals surface area (Å²) in [5.41, 5.74) is 8.57. The number of hydrogen-bond donors (Lipinski definition) is 2. The second-order valence-corrected chi connectivity index (χ2v) is 3.47. The van der Waals surface area contributed by atoms with Crippen LogP contribution in [-0.2, 0) is 0 Å². The van der Waals surface area contributed by atoms with Crippen LogP contribution in [0, 0.1) is 6.92 Å². The van der Waals surface area contributed by atoms with Crippen LogP contribution < -0.4 is 5.73 Å². The predicted octanol–water partition coefficient (Wildman–Crippen LogP) is 2.45. The van der Waals surface area contributed by atoms with E-state index in [9.17, 15) is 4.39 Å². The van der Waals surface area contributed by atoms with Crippen molar-refractivity contribution in [3.8, 4) is 0 Å². The van der Waals surface area contributed by atoms with Crippen molar-refractivity contribution in [1.82, 2.24) is 4.98 Å². The molecule has 0 aliphatic heterocycles. The third-order valence-corrected chi connectivity index (χ3v) is 2.48. The molecular formula is C11H13FN2. The Kier molecular flexibility index (Phi) is 2.25. The minimum Gasteiger partial charge on any atom is -0.358 e. The van der Waals surface area contributed by atoms with Gasteiger partial charge in [-0.2, -0.15) is 0 Å². The first-order valence-electron chi connectivity index (χ1n) is 4.62. The highest BCUT2D eigenvalue weighted by molar-refractivity contribution is 5.85. The zero-order chi connectivity index (χ0) is 10.1. The number of aromatic amines is 1. The first kappa shape index (κ1) is 9.21. The van der Waals surface area contributed by atoms with Crippen LogP contribution in [-0.4, -0.2) is 11.7 Å². The molecule has 1 aromatic carbocycles. The normalized spacial score (nSPS) is 13.4. The summed E-state index contributed by atoms with van der Waals surface area (Å²) < 4.78 is 12.5. The summed E-state index contributed by atoms with van der Waals surface area (Å²) in [5.74, 6) is 0. The molecule has 0 aliphatic carbocycles. The third-order valence-electron chi connectivity index (χ3n) is 2.48. The molecule has 0 aliphatic rings. The first-order chi connectivity index (χ1) is 6.74. The van der Waals surface area contributed by atoms with E-state index in [0.29, 0.717) is 0 Å². The molecule has 0 amide bonds. The van der Waals surface area contributed by atoms with Crippen LogP contribution in [0.3, 0.4) is 0 Å². The van der Waals surface area contributed by atoms with Gasteiger partial charge in [-0.05, 0) is 18.6 Å². The van der Waals surface area contributed by atoms with Gasteiger partial charge in [0.15, 0.2) is 0 Å². The van der Waals surface area contributed by atoms with Gasteiger partial charge in [0.05, 0.1) is 6.04 Å². The third kappa shape index (κ3) is 1.30. The predicted molar refractivity (Wildman–Crippen MR) is 55.9 cm³/mol. The Balaban J connectivity index is 2.67. The Bertz CT molecular complexity index is 447. The van der Waals surface area contributed by atoms with Crippen LogP contribution in [0.25, 0.3) is 10.9 Å². The fraction of sp³-hybridized carbons (Fsp3) is 0.273. The molecule has 2 nitrogen and oxygen atoms in total. The molecule has 0 spiro atoms. The van der Waals surface area contributed by atoms with Crippen molar-refractivity contribution in [2.24, 2.45) is 5.73 Å². The van der Waals surface area contributed by atoms with Crippen LogP contribution in [0.5, 0.6) is 0 Å². The van der Waals surface area contributed by atoms with Crippen LogP contribution >= 0.6 is 0 Å². The molecule has 1 aromatic heterocycles. The molecular weight excluding hydrogens is 179 g/mol. The van der Waals surface area contributed by atoms with E-state index >= 15 is 0 Å². The van der Waals surface area contributed by atoms with Crippen LogP contribution in [0.1, 0.15) is 17.3 Å². The molecule has 2 rings (SSSR count). The number of hydrogen-bond acceptors (Lipinski definition) is 1. The number of alkyl halides is 1. The van der Waals surface area contributed by atoms with E-state index in [1.807, 2.05) is 31.2 Å². The smallest absolute Gasteiger partial charge is 0.109 e. The Hall–Kier alpha value is -1.35. The molecule has 2 aromatic rings. The average Bonchev–Trinajstić information content (AvgIpc) is 2.53. The summed E-state index contributed by atoms with van der Waals surface area (Å²) in [6, 6.07) is 7.29. The summed E-state index contributed by atoms with van der Waals surface area (Å²) in [6.07, 6.45) is 0. The lowest BCUT2D eigenvalue weighted by atomic mass is 10.1. The Labute approximate surface area is 81.9 Å². The van der Waals surface area contributed by atoms with E-state index in [2.05, 4.69) is 4.98 Å². The molecule has 0 saturated heterocycles. The van der Waals surface area contributed by atoms with Crippen LogP contribution in [0.15, 0.2) is 24.3 Å². The molecule has 1 heterocycles. The van der Waals surface area contributed by atoms with E-state index in [1.54, 1.807) is 0 Å². The summed E-state index contributed by atoms with van der Waals surface area (Å²) in [7, 11) is 0. The monoisotopic (exact) mass is 192 g/mol. The second kappa shape index (κ2) is 3.42. The number of para-hydroxylation sites is 1. The van der Waals surface area contributed by atoms with Crippen molar-refractivity contribution >= 4 is 10.9 Å². The van der Waals surface area contributed by atoms with Crippen molar-refractivity contribution in [2.75, 3.05) is 6.67 Å². The van der Waals surface area contributed by atoms with E-state index in [4.69, 9.17) is 5.73 Å². The van der Waals surface area contributed by atoms with Gasteiger partial charge in [-0.15, -0.1) is 0 Å². The fourth-order valence-electron chi connectivity index (χ4n) is 1.85. The maximum absolute atomic E-state index is 12.5. The molecule has 0 unspecified atom stereocenters. The van der Waals surface area contributed by atoms with Gasteiger partial charge in [0, 0.05) is 16.6 Å². The van der Waals surface area contributed by atoms with E-state index in [0.717, 1.165) is 22.2 Å². The van der Waals surface area contributed by atoms with Gasteiger partial charge < -0.3 is 10.7 Å². The highest BCUT2D eigenvalue weighted by atomic mass is 19.1. The van der Waals surface area contributed by atoms with Crippen LogP contribution in [0.4, 0.5) is 4.39 Å². The van der Waals surface area contributed by atoms with Gasteiger partial charge in [0.2, 0.25) is 0 Å². The number of fused-ring (bicyclic) bond motifs is 1. The van der Waals surface area contributed by atoms with E-state index in [1.165, 1.54) is 0 Å². The summed E-state index contributed by atoms with van der Waals surface area (Å²) >= 11 is 0. The van der Waals surface area contributed by atoms with Gasteiger partial charge in [-0.1, -0.05) is 18.2 Å². The zero-order valence-electron chi connectivity index (χ0n) is 8.05. The van der Waals surface area contributed by atoms with Gasteiger partial charge in [0.1, 0.15) is 6.67 Å². The second-order valence-electron chi connectivity index (χ2n) is 3.47. The van der Waals surface area contributed by atoms with Crippen molar-refractivity contribution in [1.29, 1.82) is 0 Å². The lowest BCUT2D eigenvalue weighted by molar-refractivity contribution is 0.437. The molecule has 0 bridgehead atoms. The van der Waals surface area contributed by atoms with E-state index in [-0.39, 0.29) is 0 Å². The fourth-order valence-corrected chi connectivity index (χ4v) is 1.85. The van der Waals surface area contributed by atoms with Crippen molar-refractivity contribution in [3.05, 3.63) is 35.5 Å². The highest BCUT2D eigenvalue weighted by Crippen LogP contribution is 2.26. The minimum absolute atomic E-state index is 0.522. The topological polar surface area (TPSA) is 41.8 Å². The van der Waals surface area contributed by atoms with Crippen molar-refractivity contribution in [2.45, 2.75) is 13.0 Å². The number of H-pyrrole nitrogens is 1. The maximum Gasteiger partial charge on any atom is 0.109 e. The van der Waals surface area contributed by atoms with Gasteiger partial charge in [-0.25, -0.2) is 4.39 Å². The summed E-state index contributed by atoms with van der Waals surface area (Å²) in [5, 5.41) is 1.02. The maximum atomic E-state index is 12.5. The SMILES string of the molecule is Cc1[nH]c2ccccc2c1[C@H](N)CF. The Morgan fingerprint density at radius 3 is 2.86 bits per heavy atom. The number of nitrogens with two attached hydrogens (primary N) is 1. The number of aryl methyl sites for hydroxylation is 1. The largest absolute Gasteiger partial charge is 0.358 e. The zero-order valence-corrected chi connectivity index (χ0v) is 8.05. The van der Waals surface area contributed by atoms with Gasteiger partial charge in [-0.3, -0.25) is 0 Å². The van der Waals surface area contributed by atoms with Crippen LogP contribution in [0.2, 0.25) is 0 Å². The van der Waals surface area contributed by atoms with E-state index < -0.39 is 12.7 Å². The Morgan fingerprint density at radius 2 is 2.14 bits per heavy atom. The standard InChI is InChI=1S/C11H13FN2/c1-7-11(9(13)6-12)8-4-2-3-5-10(8)14-7/h2-5,9,14H,6,13H2,1H3/t9-/m1/s1. The quantitative estimate of drug-likeness (QED) is 0.754. The first-order valence-corrected chi connectivity index (χ1v) is 4.62. The summed E-state index contributed by atoms with van der Waals surface area (Å²) in [4.78, 5) is 3.20. The average molecular weight is 192 g/mol. The number of benzene rings is 1. The number of nitrogens with one attached hydrogen (secondary N) is 1. The van der Waals surface area contributed by atoms with Crippen molar-refractivity contribution in [3.63, 3.8) is 0 Å². The number of aromatic nitrogens is 1. The molecule has 0 fully saturated rings. The number of halogens is 1. The number of rotatable bonds is 2. The molecule has 14 heavy (non-hydrogen) atoms. The molecule has 3 heteroatoms. The highest BCUT2D eigenvalue weighted by Gasteiger charge is 2.14. The molecule has 0 radical (unpaired) electrons. The van der Waals surface area contributed by atoms with Gasteiger partial charge >= 0.3 is 0 Å². The molecule has 3 N–H and O–H groups in total. The molecule has 74 valence electrons. The molecule has 0 saturated carbocycles. The molecule has 1 atom stereocenters.